The van der Waals surface area contributed by atoms with E-state index in [9.17, 15) is 0 Å². The first-order chi connectivity index (χ1) is 30.7. The molecule has 0 aliphatic rings. The van der Waals surface area contributed by atoms with Crippen molar-refractivity contribution >= 4 is 103 Å². The normalized spacial score (nSPS) is 11.9. The zero-order valence-corrected chi connectivity index (χ0v) is 34.2. The van der Waals surface area contributed by atoms with Crippen LogP contribution in [0.1, 0.15) is 0 Å². The van der Waals surface area contributed by atoms with Crippen LogP contribution in [-0.2, 0) is 0 Å². The Kier molecular flexibility index (Phi) is 7.78. The average molecular weight is 810 g/mol. The second-order valence-electron chi connectivity index (χ2n) is 16.0. The molecule has 0 N–H and O–H groups in total. The fourth-order valence-electron chi connectivity index (χ4n) is 9.51. The minimum Gasteiger partial charge on any atom is -0.456 e. The molecule has 0 amide bonds. The van der Waals surface area contributed by atoms with E-state index in [4.69, 9.17) is 8.83 Å². The SMILES string of the molecule is c1ccc(-c2ccc(N(c3ccc(-c4cccc5c4sc4ccccc45)cc3)c3ccc4c(c3)oc3c(-c5ccc6ccccc6c5)c5c(cc34)oc3ccccc35)cc2)cc1. The summed E-state index contributed by atoms with van der Waals surface area (Å²) >= 11 is 1.86. The van der Waals surface area contributed by atoms with Gasteiger partial charge in [0.15, 0.2) is 0 Å². The Morgan fingerprint density at radius 1 is 0.355 bits per heavy atom. The highest BCUT2D eigenvalue weighted by atomic mass is 32.1. The number of fused-ring (bicyclic) bond motifs is 10. The van der Waals surface area contributed by atoms with E-state index in [1.165, 1.54) is 53.2 Å². The third-order valence-electron chi connectivity index (χ3n) is 12.5. The summed E-state index contributed by atoms with van der Waals surface area (Å²) in [5.74, 6) is 0. The van der Waals surface area contributed by atoms with Gasteiger partial charge in [0, 0.05) is 70.4 Å². The number of rotatable bonds is 6. The fraction of sp³-hybridized carbons (Fsp3) is 0. The second-order valence-corrected chi connectivity index (χ2v) is 17.1. The van der Waals surface area contributed by atoms with Crippen LogP contribution in [-0.4, -0.2) is 0 Å². The van der Waals surface area contributed by atoms with E-state index >= 15 is 0 Å². The van der Waals surface area contributed by atoms with Gasteiger partial charge in [0.2, 0.25) is 0 Å². The van der Waals surface area contributed by atoms with Crippen molar-refractivity contribution in [2.75, 3.05) is 4.90 Å². The van der Waals surface area contributed by atoms with Gasteiger partial charge in [-0.05, 0) is 99.3 Å². The molecule has 0 fully saturated rings. The molecule has 10 aromatic carbocycles. The Labute approximate surface area is 360 Å². The molecule has 0 aliphatic heterocycles. The largest absolute Gasteiger partial charge is 0.456 e. The summed E-state index contributed by atoms with van der Waals surface area (Å²) in [4.78, 5) is 2.33. The summed E-state index contributed by atoms with van der Waals surface area (Å²) in [7, 11) is 0. The van der Waals surface area contributed by atoms with Crippen LogP contribution < -0.4 is 4.90 Å². The third-order valence-corrected chi connectivity index (χ3v) is 13.7. The summed E-state index contributed by atoms with van der Waals surface area (Å²) in [6.45, 7) is 0. The van der Waals surface area contributed by atoms with Crippen molar-refractivity contribution in [1.82, 2.24) is 0 Å². The Balaban J connectivity index is 0.986. The topological polar surface area (TPSA) is 29.5 Å². The second kappa shape index (κ2) is 13.8. The maximum Gasteiger partial charge on any atom is 0.144 e. The Morgan fingerprint density at radius 3 is 1.85 bits per heavy atom. The van der Waals surface area contributed by atoms with Gasteiger partial charge in [0.25, 0.3) is 0 Å². The van der Waals surface area contributed by atoms with Crippen LogP contribution in [0, 0.1) is 0 Å². The predicted octanol–water partition coefficient (Wildman–Crippen LogP) is 17.5. The van der Waals surface area contributed by atoms with Crippen molar-refractivity contribution in [2.24, 2.45) is 0 Å². The molecule has 0 saturated carbocycles. The van der Waals surface area contributed by atoms with Gasteiger partial charge in [-0.2, -0.15) is 0 Å². The minimum atomic E-state index is 0.815. The van der Waals surface area contributed by atoms with Gasteiger partial charge < -0.3 is 13.7 Å². The molecule has 290 valence electrons. The quantitative estimate of drug-likeness (QED) is 0.168. The minimum absolute atomic E-state index is 0.815. The number of furan rings is 2. The molecule has 13 rings (SSSR count). The predicted molar refractivity (Wildman–Crippen MR) is 262 cm³/mol. The van der Waals surface area contributed by atoms with E-state index in [2.05, 4.69) is 205 Å². The average Bonchev–Trinajstić information content (AvgIpc) is 4.02. The van der Waals surface area contributed by atoms with Crippen molar-refractivity contribution in [1.29, 1.82) is 0 Å². The lowest BCUT2D eigenvalue weighted by molar-refractivity contribution is 0.664. The first-order valence-corrected chi connectivity index (χ1v) is 21.8. The number of thiophene rings is 1. The highest BCUT2D eigenvalue weighted by Gasteiger charge is 2.23. The van der Waals surface area contributed by atoms with Crippen molar-refractivity contribution in [3.8, 4) is 33.4 Å². The van der Waals surface area contributed by atoms with Crippen LogP contribution in [0.4, 0.5) is 17.1 Å². The van der Waals surface area contributed by atoms with Gasteiger partial charge in [0.1, 0.15) is 22.3 Å². The van der Waals surface area contributed by atoms with E-state index in [1.807, 2.05) is 23.5 Å². The smallest absolute Gasteiger partial charge is 0.144 e. The summed E-state index contributed by atoms with van der Waals surface area (Å²) in [5.41, 5.74) is 13.4. The number of para-hydroxylation sites is 1. The molecule has 0 bridgehead atoms. The Morgan fingerprint density at radius 2 is 1.02 bits per heavy atom. The molecule has 0 unspecified atom stereocenters. The van der Waals surface area contributed by atoms with Crippen LogP contribution >= 0.6 is 11.3 Å². The Bertz CT molecular complexity index is 3860. The first-order valence-electron chi connectivity index (χ1n) is 21.0. The summed E-state index contributed by atoms with van der Waals surface area (Å²) in [6.07, 6.45) is 0. The lowest BCUT2D eigenvalue weighted by atomic mass is 9.95. The van der Waals surface area contributed by atoms with Gasteiger partial charge in [0.05, 0.1) is 0 Å². The zero-order chi connectivity index (χ0) is 40.7. The fourth-order valence-corrected chi connectivity index (χ4v) is 10.7. The number of hydrogen-bond donors (Lipinski definition) is 0. The number of nitrogens with zero attached hydrogens (tertiary/aromatic N) is 1. The lowest BCUT2D eigenvalue weighted by Crippen LogP contribution is -2.09. The molecule has 3 aromatic heterocycles. The van der Waals surface area contributed by atoms with Crippen molar-refractivity contribution in [3.63, 3.8) is 0 Å². The molecule has 0 radical (unpaired) electrons. The van der Waals surface area contributed by atoms with Crippen molar-refractivity contribution in [2.45, 2.75) is 0 Å². The van der Waals surface area contributed by atoms with Crippen LogP contribution in [0.3, 0.4) is 0 Å². The monoisotopic (exact) mass is 809 g/mol. The van der Waals surface area contributed by atoms with E-state index in [0.29, 0.717) is 0 Å². The van der Waals surface area contributed by atoms with E-state index in [-0.39, 0.29) is 0 Å². The molecule has 62 heavy (non-hydrogen) atoms. The van der Waals surface area contributed by atoms with E-state index in [0.717, 1.165) is 72.1 Å². The standard InChI is InChI=1S/C58H35NO2S/c1-2-11-36(12-3-1)38-23-27-42(28-24-38)59(43-29-25-39(26-30-43)45-17-10-18-48-47-15-7-9-20-54(47)62-58(45)48)44-31-32-46-50-35-53-56(49-16-6-8-19-51(49)60-53)55(57(50)61-52(46)34-44)41-22-21-37-13-4-5-14-40(37)33-41/h1-35H. The molecule has 3 nitrogen and oxygen atoms in total. The Hall–Kier alpha value is -7.92. The first kappa shape index (κ1) is 34.9. The van der Waals surface area contributed by atoms with Gasteiger partial charge in [-0.1, -0.05) is 146 Å². The van der Waals surface area contributed by atoms with Gasteiger partial charge in [-0.25, -0.2) is 0 Å². The molecule has 0 atom stereocenters. The van der Waals surface area contributed by atoms with Crippen molar-refractivity contribution in [3.05, 3.63) is 212 Å². The van der Waals surface area contributed by atoms with E-state index < -0.39 is 0 Å². The highest BCUT2D eigenvalue weighted by molar-refractivity contribution is 7.26. The molecular formula is C58H35NO2S. The molecule has 0 spiro atoms. The van der Waals surface area contributed by atoms with Crippen molar-refractivity contribution < 1.29 is 8.83 Å². The molecular weight excluding hydrogens is 775 g/mol. The highest BCUT2D eigenvalue weighted by Crippen LogP contribution is 2.47. The van der Waals surface area contributed by atoms with Gasteiger partial charge in [-0.3, -0.25) is 0 Å². The maximum atomic E-state index is 7.09. The molecule has 0 aliphatic carbocycles. The number of benzene rings is 10. The third kappa shape index (κ3) is 5.51. The lowest BCUT2D eigenvalue weighted by Gasteiger charge is -2.26. The molecule has 3 heterocycles. The number of anilines is 3. The zero-order valence-electron chi connectivity index (χ0n) is 33.4. The number of hydrogen-bond acceptors (Lipinski definition) is 4. The molecule has 4 heteroatoms. The van der Waals surface area contributed by atoms with Gasteiger partial charge in [-0.15, -0.1) is 11.3 Å². The van der Waals surface area contributed by atoms with Gasteiger partial charge >= 0.3 is 0 Å². The molecule has 13 aromatic rings. The van der Waals surface area contributed by atoms with E-state index in [1.54, 1.807) is 0 Å². The van der Waals surface area contributed by atoms with Crippen LogP contribution in [0.2, 0.25) is 0 Å². The van der Waals surface area contributed by atoms with Crippen LogP contribution in [0.5, 0.6) is 0 Å². The summed E-state index contributed by atoms with van der Waals surface area (Å²) in [6, 6.07) is 76.0. The molecule has 0 saturated heterocycles. The summed E-state index contributed by atoms with van der Waals surface area (Å²) in [5, 5.41) is 9.20. The van der Waals surface area contributed by atoms with Crippen LogP contribution in [0.25, 0.3) is 108 Å². The maximum absolute atomic E-state index is 7.09. The summed E-state index contributed by atoms with van der Waals surface area (Å²) < 4.78 is 16.3. The van der Waals surface area contributed by atoms with Crippen LogP contribution in [0.15, 0.2) is 221 Å².